The molecule has 0 saturated carbocycles. The summed E-state index contributed by atoms with van der Waals surface area (Å²) < 4.78 is 0. The van der Waals surface area contributed by atoms with Crippen LogP contribution in [-0.4, -0.2) is 22.5 Å². The van der Waals surface area contributed by atoms with Gasteiger partial charge in [-0.2, -0.15) is 5.26 Å². The number of nitro groups is 1. The highest BCUT2D eigenvalue weighted by atomic mass is 16.6. The number of rotatable bonds is 5. The minimum atomic E-state index is -0.433. The summed E-state index contributed by atoms with van der Waals surface area (Å²) in [6.07, 6.45) is 1.91. The summed E-state index contributed by atoms with van der Waals surface area (Å²) in [6.45, 7) is 6.04. The monoisotopic (exact) mass is 248 g/mol. The Morgan fingerprint density at radius 3 is 2.78 bits per heavy atom. The molecule has 0 radical (unpaired) electrons. The van der Waals surface area contributed by atoms with Gasteiger partial charge in [0.15, 0.2) is 0 Å². The van der Waals surface area contributed by atoms with Crippen LogP contribution in [0.25, 0.3) is 0 Å². The average Bonchev–Trinajstić information content (AvgIpc) is 2.30. The van der Waals surface area contributed by atoms with Crippen molar-refractivity contribution in [3.8, 4) is 6.07 Å². The predicted molar refractivity (Wildman–Crippen MR) is 68.3 cm³/mol. The van der Waals surface area contributed by atoms with Crippen LogP contribution in [0.1, 0.15) is 25.8 Å². The Hall–Kier alpha value is -2.16. The van der Waals surface area contributed by atoms with Gasteiger partial charge < -0.3 is 4.90 Å². The molecule has 1 rings (SSSR count). The van der Waals surface area contributed by atoms with Gasteiger partial charge in [0.1, 0.15) is 0 Å². The van der Waals surface area contributed by atoms with Crippen molar-refractivity contribution in [2.24, 2.45) is 0 Å². The Morgan fingerprint density at radius 1 is 1.61 bits per heavy atom. The van der Waals surface area contributed by atoms with Crippen LogP contribution in [-0.2, 0) is 0 Å². The normalized spacial score (nSPS) is 10.2. The lowest BCUT2D eigenvalue weighted by molar-refractivity contribution is -0.384. The van der Waals surface area contributed by atoms with Crippen molar-refractivity contribution in [2.45, 2.75) is 33.2 Å². The third-order valence-electron chi connectivity index (χ3n) is 2.54. The molecule has 0 unspecified atom stereocenters. The van der Waals surface area contributed by atoms with E-state index in [4.69, 9.17) is 5.26 Å². The van der Waals surface area contributed by atoms with Crippen molar-refractivity contribution in [3.05, 3.63) is 27.9 Å². The van der Waals surface area contributed by atoms with Crippen LogP contribution >= 0.6 is 0 Å². The van der Waals surface area contributed by atoms with Crippen molar-refractivity contribution in [2.75, 3.05) is 11.4 Å². The van der Waals surface area contributed by atoms with Crippen LogP contribution in [0.15, 0.2) is 12.3 Å². The molecule has 0 aliphatic carbocycles. The van der Waals surface area contributed by atoms with E-state index >= 15 is 0 Å². The SMILES string of the molecule is Cc1cnc(N(CCC#N)C(C)C)c([N+](=O)[O-])c1. The fourth-order valence-corrected chi connectivity index (χ4v) is 1.68. The average molecular weight is 248 g/mol. The van der Waals surface area contributed by atoms with Gasteiger partial charge >= 0.3 is 5.69 Å². The van der Waals surface area contributed by atoms with E-state index in [-0.39, 0.29) is 11.7 Å². The van der Waals surface area contributed by atoms with Crippen molar-refractivity contribution < 1.29 is 4.92 Å². The Labute approximate surface area is 106 Å². The Morgan fingerprint density at radius 2 is 2.28 bits per heavy atom. The fourth-order valence-electron chi connectivity index (χ4n) is 1.68. The van der Waals surface area contributed by atoms with Crippen molar-refractivity contribution in [1.29, 1.82) is 5.26 Å². The highest BCUT2D eigenvalue weighted by Gasteiger charge is 2.22. The molecule has 0 amide bonds. The molecule has 0 atom stereocenters. The Bertz CT molecular complexity index is 479. The van der Waals surface area contributed by atoms with Crippen molar-refractivity contribution >= 4 is 11.5 Å². The van der Waals surface area contributed by atoms with Gasteiger partial charge in [-0.3, -0.25) is 10.1 Å². The molecule has 18 heavy (non-hydrogen) atoms. The Kier molecular flexibility index (Phi) is 4.60. The first-order chi connectivity index (χ1) is 8.47. The second-order valence-corrected chi connectivity index (χ2v) is 4.31. The molecule has 1 aromatic heterocycles. The summed E-state index contributed by atoms with van der Waals surface area (Å²) in [6, 6.07) is 3.60. The zero-order valence-corrected chi connectivity index (χ0v) is 10.8. The fraction of sp³-hybridized carbons (Fsp3) is 0.500. The summed E-state index contributed by atoms with van der Waals surface area (Å²) in [4.78, 5) is 16.5. The number of anilines is 1. The smallest absolute Gasteiger partial charge is 0.311 e. The number of hydrogen-bond acceptors (Lipinski definition) is 5. The quantitative estimate of drug-likeness (QED) is 0.590. The summed E-state index contributed by atoms with van der Waals surface area (Å²) in [5.41, 5.74) is 0.732. The molecule has 1 aromatic rings. The van der Waals surface area contributed by atoms with E-state index in [1.54, 1.807) is 18.0 Å². The zero-order chi connectivity index (χ0) is 13.7. The maximum atomic E-state index is 11.0. The standard InChI is InChI=1S/C12H16N4O2/c1-9(2)15(6-4-5-13)12-11(16(17)18)7-10(3)8-14-12/h7-9H,4,6H2,1-3H3. The van der Waals surface area contributed by atoms with Crippen LogP contribution in [0, 0.1) is 28.4 Å². The van der Waals surface area contributed by atoms with Gasteiger partial charge in [-0.1, -0.05) is 0 Å². The topological polar surface area (TPSA) is 83.1 Å². The van der Waals surface area contributed by atoms with Gasteiger partial charge in [0, 0.05) is 24.8 Å². The van der Waals surface area contributed by atoms with E-state index in [1.165, 1.54) is 6.07 Å². The van der Waals surface area contributed by atoms with E-state index < -0.39 is 4.92 Å². The van der Waals surface area contributed by atoms with Crippen LogP contribution in [0.2, 0.25) is 0 Å². The molecule has 6 heteroatoms. The van der Waals surface area contributed by atoms with Gasteiger partial charge in [0.05, 0.1) is 17.4 Å². The molecule has 0 fully saturated rings. The highest BCUT2D eigenvalue weighted by molar-refractivity contribution is 5.59. The maximum Gasteiger partial charge on any atom is 0.311 e. The number of aryl methyl sites for hydroxylation is 1. The van der Waals surface area contributed by atoms with E-state index in [0.717, 1.165) is 5.56 Å². The molecular formula is C12H16N4O2. The third kappa shape index (κ3) is 3.17. The minimum absolute atomic E-state index is 0.0124. The largest absolute Gasteiger partial charge is 0.347 e. The predicted octanol–water partition coefficient (Wildman–Crippen LogP) is 2.43. The van der Waals surface area contributed by atoms with E-state index in [9.17, 15) is 10.1 Å². The first-order valence-corrected chi connectivity index (χ1v) is 5.72. The molecule has 0 saturated heterocycles. The Balaban J connectivity index is 3.19. The van der Waals surface area contributed by atoms with Crippen LogP contribution in [0.5, 0.6) is 0 Å². The first-order valence-electron chi connectivity index (χ1n) is 5.72. The van der Waals surface area contributed by atoms with Crippen LogP contribution < -0.4 is 4.90 Å². The van der Waals surface area contributed by atoms with Gasteiger partial charge in [0.25, 0.3) is 0 Å². The molecule has 0 spiro atoms. The van der Waals surface area contributed by atoms with Crippen molar-refractivity contribution in [3.63, 3.8) is 0 Å². The number of aromatic nitrogens is 1. The molecule has 96 valence electrons. The summed E-state index contributed by atoms with van der Waals surface area (Å²) >= 11 is 0. The molecular weight excluding hydrogens is 232 g/mol. The number of hydrogen-bond donors (Lipinski definition) is 0. The highest BCUT2D eigenvalue weighted by Crippen LogP contribution is 2.27. The summed E-state index contributed by atoms with van der Waals surface area (Å²) in [5, 5.41) is 19.7. The molecule has 0 N–H and O–H groups in total. The second-order valence-electron chi connectivity index (χ2n) is 4.31. The van der Waals surface area contributed by atoms with Gasteiger partial charge in [-0.05, 0) is 26.3 Å². The lowest BCUT2D eigenvalue weighted by atomic mass is 10.2. The van der Waals surface area contributed by atoms with E-state index in [1.807, 2.05) is 19.9 Å². The molecule has 6 nitrogen and oxygen atoms in total. The summed E-state index contributed by atoms with van der Waals surface area (Å²) in [5.74, 6) is 0.329. The number of pyridine rings is 1. The maximum absolute atomic E-state index is 11.0. The molecule has 0 aromatic carbocycles. The lowest BCUT2D eigenvalue weighted by Gasteiger charge is -2.26. The zero-order valence-electron chi connectivity index (χ0n) is 10.8. The molecule has 0 bridgehead atoms. The lowest BCUT2D eigenvalue weighted by Crippen LogP contribution is -2.33. The van der Waals surface area contributed by atoms with E-state index in [0.29, 0.717) is 18.8 Å². The molecule has 0 aliphatic rings. The van der Waals surface area contributed by atoms with Crippen LogP contribution in [0.4, 0.5) is 11.5 Å². The van der Waals surface area contributed by atoms with Crippen LogP contribution in [0.3, 0.4) is 0 Å². The third-order valence-corrected chi connectivity index (χ3v) is 2.54. The van der Waals surface area contributed by atoms with E-state index in [2.05, 4.69) is 4.98 Å². The first kappa shape index (κ1) is 13.9. The number of nitrogens with zero attached hydrogens (tertiary/aromatic N) is 4. The minimum Gasteiger partial charge on any atom is -0.347 e. The van der Waals surface area contributed by atoms with Crippen molar-refractivity contribution in [1.82, 2.24) is 4.98 Å². The number of nitriles is 1. The van der Waals surface area contributed by atoms with Gasteiger partial charge in [-0.25, -0.2) is 4.98 Å². The van der Waals surface area contributed by atoms with Gasteiger partial charge in [0.2, 0.25) is 5.82 Å². The second kappa shape index (κ2) is 5.96. The summed E-state index contributed by atoms with van der Waals surface area (Å²) in [7, 11) is 0. The molecule has 1 heterocycles. The van der Waals surface area contributed by atoms with Gasteiger partial charge in [-0.15, -0.1) is 0 Å². The molecule has 0 aliphatic heterocycles.